The van der Waals surface area contributed by atoms with E-state index in [0.29, 0.717) is 29.4 Å². The number of para-hydroxylation sites is 1. The normalized spacial score (nSPS) is 15.5. The second-order valence-electron chi connectivity index (χ2n) is 6.74. The molecule has 152 valence electrons. The fourth-order valence-corrected chi connectivity index (χ4v) is 3.08. The van der Waals surface area contributed by atoms with Gasteiger partial charge in [-0.25, -0.2) is 0 Å². The van der Waals surface area contributed by atoms with Gasteiger partial charge in [-0.2, -0.15) is 4.98 Å². The summed E-state index contributed by atoms with van der Waals surface area (Å²) >= 11 is 0. The highest BCUT2D eigenvalue weighted by atomic mass is 16.5. The smallest absolute Gasteiger partial charge is 0.254 e. The van der Waals surface area contributed by atoms with Gasteiger partial charge in [0.15, 0.2) is 0 Å². The first-order valence-corrected chi connectivity index (χ1v) is 9.45. The molecule has 3 N–H and O–H groups in total. The minimum absolute atomic E-state index is 0.176. The lowest BCUT2D eigenvalue weighted by Gasteiger charge is -2.14. The number of amides is 3. The standard InChI is InChI=1S/C21H19N5O4/c27-17(12-16-21(29)23-15-9-5-4-8-14(15)20(28)24-16)22-11-10-18-25-19(26-30-18)13-6-2-1-3-7-13/h1-9,16H,10-12H2,(H,22,27)(H,23,29)(H,24,28)/t16-/m0/s1. The van der Waals surface area contributed by atoms with E-state index in [1.54, 1.807) is 24.3 Å². The van der Waals surface area contributed by atoms with Gasteiger partial charge >= 0.3 is 0 Å². The highest BCUT2D eigenvalue weighted by Crippen LogP contribution is 2.19. The predicted octanol–water partition coefficient (Wildman–Crippen LogP) is 1.54. The maximum Gasteiger partial charge on any atom is 0.254 e. The summed E-state index contributed by atoms with van der Waals surface area (Å²) < 4.78 is 5.20. The monoisotopic (exact) mass is 405 g/mol. The molecule has 0 bridgehead atoms. The Kier molecular flexibility index (Phi) is 5.51. The fourth-order valence-electron chi connectivity index (χ4n) is 3.08. The third kappa shape index (κ3) is 4.35. The summed E-state index contributed by atoms with van der Waals surface area (Å²) in [5.74, 6) is -0.336. The topological polar surface area (TPSA) is 126 Å². The van der Waals surface area contributed by atoms with E-state index < -0.39 is 17.9 Å². The molecule has 0 spiro atoms. The Labute approximate surface area is 171 Å². The van der Waals surface area contributed by atoms with Gasteiger partial charge in [-0.1, -0.05) is 47.6 Å². The number of anilines is 1. The average molecular weight is 405 g/mol. The molecular weight excluding hydrogens is 386 g/mol. The van der Waals surface area contributed by atoms with E-state index in [0.717, 1.165) is 5.56 Å². The number of fused-ring (bicyclic) bond motifs is 1. The van der Waals surface area contributed by atoms with Crippen LogP contribution in [0.3, 0.4) is 0 Å². The molecule has 1 atom stereocenters. The largest absolute Gasteiger partial charge is 0.356 e. The molecule has 0 saturated carbocycles. The van der Waals surface area contributed by atoms with Crippen molar-refractivity contribution in [3.05, 3.63) is 66.1 Å². The molecule has 30 heavy (non-hydrogen) atoms. The van der Waals surface area contributed by atoms with Crippen molar-refractivity contribution in [1.29, 1.82) is 0 Å². The molecule has 3 amide bonds. The molecule has 3 aromatic rings. The first-order chi connectivity index (χ1) is 14.6. The first kappa shape index (κ1) is 19.3. The number of benzene rings is 2. The molecule has 1 aliphatic rings. The Morgan fingerprint density at radius 1 is 1.07 bits per heavy atom. The van der Waals surface area contributed by atoms with Crippen molar-refractivity contribution >= 4 is 23.4 Å². The van der Waals surface area contributed by atoms with Gasteiger partial charge in [0.1, 0.15) is 6.04 Å². The number of hydrogen-bond donors (Lipinski definition) is 3. The summed E-state index contributed by atoms with van der Waals surface area (Å²) in [4.78, 5) is 41.2. The second kappa shape index (κ2) is 8.56. The van der Waals surface area contributed by atoms with E-state index in [4.69, 9.17) is 4.52 Å². The molecule has 9 heteroatoms. The Bertz CT molecular complexity index is 1080. The van der Waals surface area contributed by atoms with Gasteiger partial charge in [0.2, 0.25) is 23.5 Å². The molecule has 2 heterocycles. The Hall–Kier alpha value is -4.01. The molecule has 0 aliphatic carbocycles. The highest BCUT2D eigenvalue weighted by molar-refractivity contribution is 6.10. The number of rotatable bonds is 6. The van der Waals surface area contributed by atoms with Crippen LogP contribution >= 0.6 is 0 Å². The van der Waals surface area contributed by atoms with E-state index in [2.05, 4.69) is 26.1 Å². The zero-order valence-electron chi connectivity index (χ0n) is 15.9. The maximum absolute atomic E-state index is 12.4. The zero-order valence-corrected chi connectivity index (χ0v) is 15.9. The number of nitrogens with one attached hydrogen (secondary N) is 3. The summed E-state index contributed by atoms with van der Waals surface area (Å²) in [6, 6.07) is 15.1. The van der Waals surface area contributed by atoms with Crippen molar-refractivity contribution in [3.8, 4) is 11.4 Å². The molecule has 0 fully saturated rings. The lowest BCUT2D eigenvalue weighted by molar-refractivity contribution is -0.125. The third-order valence-electron chi connectivity index (χ3n) is 4.60. The van der Waals surface area contributed by atoms with Gasteiger partial charge in [-0.15, -0.1) is 0 Å². The maximum atomic E-state index is 12.4. The lowest BCUT2D eigenvalue weighted by Crippen LogP contribution is -2.44. The van der Waals surface area contributed by atoms with E-state index in [1.807, 2.05) is 30.3 Å². The quantitative estimate of drug-likeness (QED) is 0.571. The lowest BCUT2D eigenvalue weighted by atomic mass is 10.1. The fraction of sp³-hybridized carbons (Fsp3) is 0.190. The molecular formula is C21H19N5O4. The molecule has 0 unspecified atom stereocenters. The van der Waals surface area contributed by atoms with Gasteiger partial charge < -0.3 is 20.5 Å². The van der Waals surface area contributed by atoms with Crippen molar-refractivity contribution in [2.75, 3.05) is 11.9 Å². The average Bonchev–Trinajstić information content (AvgIpc) is 3.19. The van der Waals surface area contributed by atoms with Crippen LogP contribution in [-0.4, -0.2) is 40.4 Å². The van der Waals surface area contributed by atoms with Crippen LogP contribution < -0.4 is 16.0 Å². The van der Waals surface area contributed by atoms with Gasteiger partial charge in [-0.05, 0) is 12.1 Å². The molecule has 1 aliphatic heterocycles. The first-order valence-electron chi connectivity index (χ1n) is 9.45. The molecule has 0 radical (unpaired) electrons. The highest BCUT2D eigenvalue weighted by Gasteiger charge is 2.29. The van der Waals surface area contributed by atoms with Crippen LogP contribution in [-0.2, 0) is 16.0 Å². The van der Waals surface area contributed by atoms with Gasteiger partial charge in [0.05, 0.1) is 17.7 Å². The Balaban J connectivity index is 1.29. The van der Waals surface area contributed by atoms with E-state index in [-0.39, 0.29) is 18.9 Å². The predicted molar refractivity (Wildman–Crippen MR) is 107 cm³/mol. The third-order valence-corrected chi connectivity index (χ3v) is 4.60. The van der Waals surface area contributed by atoms with Crippen LogP contribution in [0.1, 0.15) is 22.7 Å². The number of carbonyl (C=O) groups excluding carboxylic acids is 3. The molecule has 4 rings (SSSR count). The van der Waals surface area contributed by atoms with Crippen LogP contribution in [0.25, 0.3) is 11.4 Å². The van der Waals surface area contributed by atoms with Crippen molar-refractivity contribution in [1.82, 2.24) is 20.8 Å². The van der Waals surface area contributed by atoms with Crippen LogP contribution in [0.4, 0.5) is 5.69 Å². The van der Waals surface area contributed by atoms with Gasteiger partial charge in [0.25, 0.3) is 5.91 Å². The van der Waals surface area contributed by atoms with Crippen LogP contribution in [0.2, 0.25) is 0 Å². The summed E-state index contributed by atoms with van der Waals surface area (Å²) in [5.41, 5.74) is 1.63. The van der Waals surface area contributed by atoms with Crippen LogP contribution in [0.5, 0.6) is 0 Å². The number of aromatic nitrogens is 2. The Morgan fingerprint density at radius 2 is 1.83 bits per heavy atom. The summed E-state index contributed by atoms with van der Waals surface area (Å²) in [7, 11) is 0. The number of hydrogen-bond acceptors (Lipinski definition) is 6. The summed E-state index contributed by atoms with van der Waals surface area (Å²) in [6.07, 6.45) is 0.172. The molecule has 0 saturated heterocycles. The zero-order chi connectivity index (χ0) is 20.9. The molecule has 1 aromatic heterocycles. The van der Waals surface area contributed by atoms with E-state index >= 15 is 0 Å². The Morgan fingerprint density at radius 3 is 2.67 bits per heavy atom. The van der Waals surface area contributed by atoms with Crippen molar-refractivity contribution in [2.24, 2.45) is 0 Å². The van der Waals surface area contributed by atoms with Crippen molar-refractivity contribution < 1.29 is 18.9 Å². The van der Waals surface area contributed by atoms with E-state index in [1.165, 1.54) is 0 Å². The van der Waals surface area contributed by atoms with Gasteiger partial charge in [0, 0.05) is 18.5 Å². The number of nitrogens with zero attached hydrogens (tertiary/aromatic N) is 2. The van der Waals surface area contributed by atoms with E-state index in [9.17, 15) is 14.4 Å². The van der Waals surface area contributed by atoms with Crippen molar-refractivity contribution in [2.45, 2.75) is 18.9 Å². The minimum Gasteiger partial charge on any atom is -0.356 e. The minimum atomic E-state index is -0.960. The van der Waals surface area contributed by atoms with Gasteiger partial charge in [-0.3, -0.25) is 14.4 Å². The van der Waals surface area contributed by atoms with Crippen molar-refractivity contribution in [3.63, 3.8) is 0 Å². The summed E-state index contributed by atoms with van der Waals surface area (Å²) in [6.45, 7) is 0.262. The molecule has 2 aromatic carbocycles. The van der Waals surface area contributed by atoms with Crippen LogP contribution in [0, 0.1) is 0 Å². The summed E-state index contributed by atoms with van der Waals surface area (Å²) in [5, 5.41) is 11.9. The SMILES string of the molecule is O=C(C[C@@H]1NC(=O)c2ccccc2NC1=O)NCCc1nc(-c2ccccc2)no1. The number of carbonyl (C=O) groups is 3. The van der Waals surface area contributed by atoms with Crippen LogP contribution in [0.15, 0.2) is 59.1 Å². The second-order valence-corrected chi connectivity index (χ2v) is 6.74. The molecule has 9 nitrogen and oxygen atoms in total.